The predicted octanol–water partition coefficient (Wildman–Crippen LogP) is 2.35. The Morgan fingerprint density at radius 1 is 1.05 bits per heavy atom. The van der Waals surface area contributed by atoms with Crippen LogP contribution in [-0.4, -0.2) is 5.91 Å². The van der Waals surface area contributed by atoms with Crippen molar-refractivity contribution in [2.75, 3.05) is 0 Å². The van der Waals surface area contributed by atoms with Crippen LogP contribution in [0.15, 0.2) is 42.5 Å². The van der Waals surface area contributed by atoms with E-state index in [0.29, 0.717) is 6.54 Å². The highest BCUT2D eigenvalue weighted by molar-refractivity contribution is 5.94. The number of nitrogens with one attached hydrogen (secondary N) is 1. The van der Waals surface area contributed by atoms with E-state index in [0.717, 1.165) is 23.3 Å². The van der Waals surface area contributed by atoms with Crippen molar-refractivity contribution in [1.29, 1.82) is 0 Å². The van der Waals surface area contributed by atoms with Crippen LogP contribution < -0.4 is 11.1 Å². The van der Waals surface area contributed by atoms with Crippen molar-refractivity contribution in [1.82, 2.24) is 5.32 Å². The van der Waals surface area contributed by atoms with Gasteiger partial charge in [-0.1, -0.05) is 24.3 Å². The minimum atomic E-state index is -1.04. The van der Waals surface area contributed by atoms with Crippen molar-refractivity contribution in [3.63, 3.8) is 0 Å². The third kappa shape index (κ3) is 3.19. The van der Waals surface area contributed by atoms with Crippen LogP contribution in [-0.2, 0) is 13.1 Å². The van der Waals surface area contributed by atoms with Gasteiger partial charge in [0.1, 0.15) is 0 Å². The number of carbonyl (C=O) groups excluding carboxylic acids is 1. The minimum absolute atomic E-state index is 0.0779. The molecule has 0 aliphatic rings. The fourth-order valence-electron chi connectivity index (χ4n) is 1.84. The Bertz CT molecular complexity index is 629. The normalized spacial score (nSPS) is 10.3. The van der Waals surface area contributed by atoms with Gasteiger partial charge < -0.3 is 11.1 Å². The lowest BCUT2D eigenvalue weighted by Crippen LogP contribution is -2.23. The summed E-state index contributed by atoms with van der Waals surface area (Å²) in [5.74, 6) is -2.48. The average Bonchev–Trinajstić information content (AvgIpc) is 2.47. The molecule has 0 aromatic heterocycles. The van der Waals surface area contributed by atoms with Crippen LogP contribution in [0.25, 0.3) is 0 Å². The quantitative estimate of drug-likeness (QED) is 0.900. The third-order valence-electron chi connectivity index (χ3n) is 2.96. The Kier molecular flexibility index (Phi) is 4.42. The second-order valence-corrected chi connectivity index (χ2v) is 4.28. The maximum absolute atomic E-state index is 13.0. The molecule has 3 N–H and O–H groups in total. The van der Waals surface area contributed by atoms with Gasteiger partial charge >= 0.3 is 0 Å². The van der Waals surface area contributed by atoms with Gasteiger partial charge in [-0.25, -0.2) is 8.78 Å². The molecule has 3 nitrogen and oxygen atoms in total. The molecule has 0 radical (unpaired) electrons. The second kappa shape index (κ2) is 6.25. The molecule has 2 rings (SSSR count). The zero-order valence-electron chi connectivity index (χ0n) is 10.7. The fourth-order valence-corrected chi connectivity index (χ4v) is 1.84. The lowest BCUT2D eigenvalue weighted by atomic mass is 10.1. The van der Waals surface area contributed by atoms with Crippen molar-refractivity contribution in [2.45, 2.75) is 13.1 Å². The van der Waals surface area contributed by atoms with Crippen molar-refractivity contribution < 1.29 is 13.6 Å². The molecule has 104 valence electrons. The highest BCUT2D eigenvalue weighted by Gasteiger charge is 2.10. The number of nitrogens with two attached hydrogens (primary N) is 1. The van der Waals surface area contributed by atoms with Crippen molar-refractivity contribution in [3.8, 4) is 0 Å². The second-order valence-electron chi connectivity index (χ2n) is 4.28. The molecule has 0 heterocycles. The van der Waals surface area contributed by atoms with Gasteiger partial charge in [0.2, 0.25) is 0 Å². The summed E-state index contributed by atoms with van der Waals surface area (Å²) in [6, 6.07) is 10.5. The van der Waals surface area contributed by atoms with E-state index < -0.39 is 17.5 Å². The van der Waals surface area contributed by atoms with E-state index in [2.05, 4.69) is 5.32 Å². The van der Waals surface area contributed by atoms with Crippen LogP contribution in [0.5, 0.6) is 0 Å². The highest BCUT2D eigenvalue weighted by atomic mass is 19.2. The lowest BCUT2D eigenvalue weighted by Gasteiger charge is -2.09. The molecule has 2 aromatic carbocycles. The number of hydrogen-bond donors (Lipinski definition) is 2. The topological polar surface area (TPSA) is 55.1 Å². The Morgan fingerprint density at radius 2 is 1.75 bits per heavy atom. The first kappa shape index (κ1) is 14.1. The van der Waals surface area contributed by atoms with Crippen LogP contribution in [0.4, 0.5) is 8.78 Å². The van der Waals surface area contributed by atoms with Gasteiger partial charge in [0, 0.05) is 18.7 Å². The van der Waals surface area contributed by atoms with Gasteiger partial charge in [-0.3, -0.25) is 4.79 Å². The summed E-state index contributed by atoms with van der Waals surface area (Å²) in [5, 5.41) is 2.65. The van der Waals surface area contributed by atoms with Crippen LogP contribution in [0.3, 0.4) is 0 Å². The molecule has 0 atom stereocenters. The van der Waals surface area contributed by atoms with E-state index >= 15 is 0 Å². The summed E-state index contributed by atoms with van der Waals surface area (Å²) in [6.45, 7) is 0.655. The molecule has 0 aliphatic heterocycles. The van der Waals surface area contributed by atoms with Crippen molar-refractivity contribution in [2.24, 2.45) is 5.73 Å². The first-order chi connectivity index (χ1) is 9.61. The molecule has 20 heavy (non-hydrogen) atoms. The SMILES string of the molecule is NCc1ccccc1CNC(=O)c1ccc(F)c(F)c1. The molecule has 0 spiro atoms. The van der Waals surface area contributed by atoms with E-state index in [1.165, 1.54) is 6.07 Å². The minimum Gasteiger partial charge on any atom is -0.348 e. The summed E-state index contributed by atoms with van der Waals surface area (Å²) in [4.78, 5) is 11.8. The van der Waals surface area contributed by atoms with E-state index in [9.17, 15) is 13.6 Å². The van der Waals surface area contributed by atoms with Crippen LogP contribution in [0, 0.1) is 11.6 Å². The molecule has 0 saturated heterocycles. The van der Waals surface area contributed by atoms with Crippen LogP contribution in [0.1, 0.15) is 21.5 Å². The number of amides is 1. The number of carbonyl (C=O) groups is 1. The first-order valence-electron chi connectivity index (χ1n) is 6.12. The monoisotopic (exact) mass is 276 g/mol. The smallest absolute Gasteiger partial charge is 0.251 e. The van der Waals surface area contributed by atoms with Gasteiger partial charge in [0.15, 0.2) is 11.6 Å². The van der Waals surface area contributed by atoms with E-state index in [1.54, 1.807) is 0 Å². The zero-order valence-corrected chi connectivity index (χ0v) is 10.7. The first-order valence-corrected chi connectivity index (χ1v) is 6.12. The summed E-state index contributed by atoms with van der Waals surface area (Å²) in [6.07, 6.45) is 0. The van der Waals surface area contributed by atoms with Gasteiger partial charge in [0.05, 0.1) is 0 Å². The van der Waals surface area contributed by atoms with Gasteiger partial charge in [-0.05, 0) is 29.3 Å². The van der Waals surface area contributed by atoms with Crippen molar-refractivity contribution in [3.05, 3.63) is 70.8 Å². The van der Waals surface area contributed by atoms with Gasteiger partial charge in [-0.2, -0.15) is 0 Å². The van der Waals surface area contributed by atoms with E-state index in [-0.39, 0.29) is 12.1 Å². The maximum Gasteiger partial charge on any atom is 0.251 e. The molecule has 2 aromatic rings. The van der Waals surface area contributed by atoms with Gasteiger partial charge in [0.25, 0.3) is 5.91 Å². The summed E-state index contributed by atoms with van der Waals surface area (Å²) in [5.41, 5.74) is 7.50. The molecule has 0 fully saturated rings. The predicted molar refractivity (Wildman–Crippen MR) is 71.9 cm³/mol. The highest BCUT2D eigenvalue weighted by Crippen LogP contribution is 2.10. The molecular formula is C15H14F2N2O. The van der Waals surface area contributed by atoms with Crippen molar-refractivity contribution >= 4 is 5.91 Å². The molecule has 0 unspecified atom stereocenters. The average molecular weight is 276 g/mol. The molecule has 5 heteroatoms. The lowest BCUT2D eigenvalue weighted by molar-refractivity contribution is 0.0950. The third-order valence-corrected chi connectivity index (χ3v) is 2.96. The van der Waals surface area contributed by atoms with Crippen LogP contribution in [0.2, 0.25) is 0 Å². The molecule has 0 aliphatic carbocycles. The van der Waals surface area contributed by atoms with E-state index in [4.69, 9.17) is 5.73 Å². The standard InChI is InChI=1S/C15H14F2N2O/c16-13-6-5-10(7-14(13)17)15(20)19-9-12-4-2-1-3-11(12)8-18/h1-7H,8-9,18H2,(H,19,20). The number of halogens is 2. The molecule has 0 bridgehead atoms. The maximum atomic E-state index is 13.0. The Balaban J connectivity index is 2.06. The largest absolute Gasteiger partial charge is 0.348 e. The van der Waals surface area contributed by atoms with E-state index in [1.807, 2.05) is 24.3 Å². The Hall–Kier alpha value is -2.27. The summed E-state index contributed by atoms with van der Waals surface area (Å²) in [7, 11) is 0. The number of benzene rings is 2. The fraction of sp³-hybridized carbons (Fsp3) is 0.133. The summed E-state index contributed by atoms with van der Waals surface area (Å²) < 4.78 is 25.8. The molecular weight excluding hydrogens is 262 g/mol. The molecule has 1 amide bonds. The van der Waals surface area contributed by atoms with Gasteiger partial charge in [-0.15, -0.1) is 0 Å². The Labute approximate surface area is 115 Å². The van der Waals surface area contributed by atoms with Crippen LogP contribution >= 0.6 is 0 Å². The Morgan fingerprint density at radius 3 is 2.40 bits per heavy atom. The molecule has 0 saturated carbocycles. The number of rotatable bonds is 4. The summed E-state index contributed by atoms with van der Waals surface area (Å²) >= 11 is 0. The number of hydrogen-bond acceptors (Lipinski definition) is 2. The zero-order chi connectivity index (χ0) is 14.5.